The zero-order valence-electron chi connectivity index (χ0n) is 11.5. The SMILES string of the molecule is CC(C)(C)OC(=O)[C@@H]1CCCN1C(=O)c1ccoc1. The minimum atomic E-state index is -0.538. The van der Waals surface area contributed by atoms with Crippen LogP contribution in [0.15, 0.2) is 23.0 Å². The van der Waals surface area contributed by atoms with E-state index in [4.69, 9.17) is 9.15 Å². The van der Waals surface area contributed by atoms with Gasteiger partial charge in [0.25, 0.3) is 5.91 Å². The first-order valence-electron chi connectivity index (χ1n) is 6.44. The molecule has 1 aromatic rings. The van der Waals surface area contributed by atoms with Crippen LogP contribution in [0.25, 0.3) is 0 Å². The van der Waals surface area contributed by atoms with E-state index in [-0.39, 0.29) is 11.9 Å². The average Bonchev–Trinajstić information content (AvgIpc) is 2.97. The summed E-state index contributed by atoms with van der Waals surface area (Å²) in [5.74, 6) is -0.510. The second kappa shape index (κ2) is 5.07. The first-order chi connectivity index (χ1) is 8.88. The van der Waals surface area contributed by atoms with Crippen molar-refractivity contribution < 1.29 is 18.7 Å². The van der Waals surface area contributed by atoms with Crippen molar-refractivity contribution in [3.05, 3.63) is 24.2 Å². The molecule has 19 heavy (non-hydrogen) atoms. The predicted octanol–water partition coefficient (Wildman–Crippen LogP) is 2.23. The van der Waals surface area contributed by atoms with Gasteiger partial charge in [-0.1, -0.05) is 0 Å². The second-order valence-electron chi connectivity index (χ2n) is 5.70. The van der Waals surface area contributed by atoms with Gasteiger partial charge in [-0.3, -0.25) is 4.79 Å². The molecule has 104 valence electrons. The number of hydrogen-bond donors (Lipinski definition) is 0. The fraction of sp³-hybridized carbons (Fsp3) is 0.571. The number of esters is 1. The molecule has 0 N–H and O–H groups in total. The maximum atomic E-state index is 12.2. The molecule has 1 aliphatic heterocycles. The highest BCUT2D eigenvalue weighted by Gasteiger charge is 2.37. The maximum Gasteiger partial charge on any atom is 0.329 e. The van der Waals surface area contributed by atoms with Gasteiger partial charge in [0.15, 0.2) is 0 Å². The third-order valence-electron chi connectivity index (χ3n) is 2.96. The molecule has 5 nitrogen and oxygen atoms in total. The van der Waals surface area contributed by atoms with Gasteiger partial charge < -0.3 is 14.1 Å². The van der Waals surface area contributed by atoms with Crippen LogP contribution in [0, 0.1) is 0 Å². The Labute approximate surface area is 112 Å². The molecule has 0 unspecified atom stereocenters. The number of amides is 1. The summed E-state index contributed by atoms with van der Waals surface area (Å²) in [5, 5.41) is 0. The van der Waals surface area contributed by atoms with Crippen LogP contribution in [0.2, 0.25) is 0 Å². The van der Waals surface area contributed by atoms with E-state index in [1.165, 1.54) is 12.5 Å². The van der Waals surface area contributed by atoms with Crippen molar-refractivity contribution in [1.29, 1.82) is 0 Å². The number of carbonyl (C=O) groups excluding carboxylic acids is 2. The molecule has 1 atom stereocenters. The highest BCUT2D eigenvalue weighted by molar-refractivity contribution is 5.96. The summed E-state index contributed by atoms with van der Waals surface area (Å²) in [4.78, 5) is 25.9. The summed E-state index contributed by atoms with van der Waals surface area (Å²) in [5.41, 5.74) is -0.0697. The van der Waals surface area contributed by atoms with Gasteiger partial charge in [0.2, 0.25) is 0 Å². The Balaban J connectivity index is 2.09. The second-order valence-corrected chi connectivity index (χ2v) is 5.70. The number of furan rings is 1. The van der Waals surface area contributed by atoms with E-state index in [9.17, 15) is 9.59 Å². The van der Waals surface area contributed by atoms with Crippen LogP contribution in [0.3, 0.4) is 0 Å². The Morgan fingerprint density at radius 2 is 2.16 bits per heavy atom. The molecule has 1 saturated heterocycles. The number of ether oxygens (including phenoxy) is 1. The Hall–Kier alpha value is -1.78. The van der Waals surface area contributed by atoms with Crippen LogP contribution in [-0.4, -0.2) is 35.0 Å². The lowest BCUT2D eigenvalue weighted by Crippen LogP contribution is -2.43. The summed E-state index contributed by atoms with van der Waals surface area (Å²) < 4.78 is 10.3. The first kappa shape index (κ1) is 13.6. The molecule has 1 aliphatic rings. The van der Waals surface area contributed by atoms with E-state index in [1.807, 2.05) is 20.8 Å². The molecule has 1 fully saturated rings. The first-order valence-corrected chi connectivity index (χ1v) is 6.44. The Bertz CT molecular complexity index is 458. The molecule has 1 aromatic heterocycles. The predicted molar refractivity (Wildman–Crippen MR) is 68.6 cm³/mol. The summed E-state index contributed by atoms with van der Waals surface area (Å²) in [6, 6.07) is 1.12. The third kappa shape index (κ3) is 3.16. The molecule has 0 bridgehead atoms. The van der Waals surface area contributed by atoms with Crippen LogP contribution in [-0.2, 0) is 9.53 Å². The lowest BCUT2D eigenvalue weighted by atomic mass is 10.1. The van der Waals surface area contributed by atoms with Crippen molar-refractivity contribution in [3.63, 3.8) is 0 Å². The summed E-state index contributed by atoms with van der Waals surface area (Å²) >= 11 is 0. The summed E-state index contributed by atoms with van der Waals surface area (Å²) in [7, 11) is 0. The van der Waals surface area contributed by atoms with E-state index in [0.29, 0.717) is 18.5 Å². The average molecular weight is 265 g/mol. The van der Waals surface area contributed by atoms with Crippen molar-refractivity contribution >= 4 is 11.9 Å². The smallest absolute Gasteiger partial charge is 0.329 e. The van der Waals surface area contributed by atoms with E-state index in [0.717, 1.165) is 6.42 Å². The molecule has 2 rings (SSSR count). The quantitative estimate of drug-likeness (QED) is 0.769. The van der Waals surface area contributed by atoms with Crippen molar-refractivity contribution in [2.24, 2.45) is 0 Å². The normalized spacial score (nSPS) is 19.5. The van der Waals surface area contributed by atoms with Crippen molar-refractivity contribution in [1.82, 2.24) is 4.90 Å². The minimum absolute atomic E-state index is 0.179. The summed E-state index contributed by atoms with van der Waals surface area (Å²) in [6.45, 7) is 6.04. The van der Waals surface area contributed by atoms with Gasteiger partial charge in [-0.2, -0.15) is 0 Å². The van der Waals surface area contributed by atoms with Gasteiger partial charge in [0.1, 0.15) is 17.9 Å². The van der Waals surface area contributed by atoms with Crippen molar-refractivity contribution in [3.8, 4) is 0 Å². The zero-order valence-corrected chi connectivity index (χ0v) is 11.5. The Morgan fingerprint density at radius 3 is 2.74 bits per heavy atom. The topological polar surface area (TPSA) is 59.8 Å². The molecule has 0 radical (unpaired) electrons. The van der Waals surface area contributed by atoms with Crippen LogP contribution in [0.4, 0.5) is 0 Å². The summed E-state index contributed by atoms with van der Waals surface area (Å²) in [6.07, 6.45) is 4.31. The van der Waals surface area contributed by atoms with E-state index in [2.05, 4.69) is 0 Å². The highest BCUT2D eigenvalue weighted by Crippen LogP contribution is 2.23. The monoisotopic (exact) mass is 265 g/mol. The molecule has 2 heterocycles. The Morgan fingerprint density at radius 1 is 1.42 bits per heavy atom. The van der Waals surface area contributed by atoms with Crippen LogP contribution < -0.4 is 0 Å². The van der Waals surface area contributed by atoms with Gasteiger partial charge in [-0.15, -0.1) is 0 Å². The van der Waals surface area contributed by atoms with Crippen LogP contribution in [0.1, 0.15) is 44.0 Å². The van der Waals surface area contributed by atoms with Gasteiger partial charge in [0, 0.05) is 6.54 Å². The number of nitrogens with zero attached hydrogens (tertiary/aromatic N) is 1. The highest BCUT2D eigenvalue weighted by atomic mass is 16.6. The number of carbonyl (C=O) groups is 2. The van der Waals surface area contributed by atoms with E-state index < -0.39 is 11.6 Å². The lowest BCUT2D eigenvalue weighted by Gasteiger charge is -2.27. The standard InChI is InChI=1S/C14H19NO4/c1-14(2,3)19-13(17)11-5-4-7-15(11)12(16)10-6-8-18-9-10/h6,8-9,11H,4-5,7H2,1-3H3/t11-/m0/s1. The molecule has 0 saturated carbocycles. The molecule has 0 aromatic carbocycles. The van der Waals surface area contributed by atoms with Crippen molar-refractivity contribution in [2.45, 2.75) is 45.3 Å². The minimum Gasteiger partial charge on any atom is -0.472 e. The fourth-order valence-electron chi connectivity index (χ4n) is 2.18. The Kier molecular flexibility index (Phi) is 3.64. The van der Waals surface area contributed by atoms with Gasteiger partial charge in [0.05, 0.1) is 11.8 Å². The van der Waals surface area contributed by atoms with E-state index >= 15 is 0 Å². The van der Waals surface area contributed by atoms with Gasteiger partial charge >= 0.3 is 5.97 Å². The molecule has 0 aliphatic carbocycles. The van der Waals surface area contributed by atoms with Crippen LogP contribution >= 0.6 is 0 Å². The third-order valence-corrected chi connectivity index (χ3v) is 2.96. The molecular weight excluding hydrogens is 246 g/mol. The molecule has 1 amide bonds. The van der Waals surface area contributed by atoms with E-state index in [1.54, 1.807) is 11.0 Å². The fourth-order valence-corrected chi connectivity index (χ4v) is 2.18. The van der Waals surface area contributed by atoms with Crippen LogP contribution in [0.5, 0.6) is 0 Å². The van der Waals surface area contributed by atoms with Gasteiger partial charge in [-0.25, -0.2) is 4.79 Å². The van der Waals surface area contributed by atoms with Gasteiger partial charge in [-0.05, 0) is 39.7 Å². The molecular formula is C14H19NO4. The lowest BCUT2D eigenvalue weighted by molar-refractivity contribution is -0.159. The maximum absolute atomic E-state index is 12.2. The number of likely N-dealkylation sites (tertiary alicyclic amines) is 1. The zero-order chi connectivity index (χ0) is 14.0. The largest absolute Gasteiger partial charge is 0.472 e. The molecule has 0 spiro atoms. The van der Waals surface area contributed by atoms with Crippen molar-refractivity contribution in [2.75, 3.05) is 6.54 Å². The number of rotatable bonds is 2. The molecule has 5 heteroatoms. The number of hydrogen-bond acceptors (Lipinski definition) is 4.